The highest BCUT2D eigenvalue weighted by Gasteiger charge is 2.34. The predicted octanol–water partition coefficient (Wildman–Crippen LogP) is 2.41. The third-order valence-corrected chi connectivity index (χ3v) is 5.26. The van der Waals surface area contributed by atoms with Crippen molar-refractivity contribution >= 4 is 11.8 Å². The van der Waals surface area contributed by atoms with E-state index < -0.39 is 0 Å². The molecule has 0 bridgehead atoms. The second-order valence-electron chi connectivity index (χ2n) is 6.05. The maximum atomic E-state index is 9.69. The molecule has 2 N–H and O–H groups in total. The highest BCUT2D eigenvalue weighted by Crippen LogP contribution is 2.35. The summed E-state index contributed by atoms with van der Waals surface area (Å²) in [4.78, 5) is 0. The molecule has 0 aromatic heterocycles. The number of nitrogens with one attached hydrogen (secondary N) is 1. The summed E-state index contributed by atoms with van der Waals surface area (Å²) in [5.74, 6) is 2.54. The van der Waals surface area contributed by atoms with E-state index in [1.807, 2.05) is 0 Å². The highest BCUT2D eigenvalue weighted by molar-refractivity contribution is 7.99. The van der Waals surface area contributed by atoms with E-state index in [-0.39, 0.29) is 6.10 Å². The Bertz CT molecular complexity index is 232. The van der Waals surface area contributed by atoms with Crippen LogP contribution in [-0.4, -0.2) is 34.8 Å². The van der Waals surface area contributed by atoms with Gasteiger partial charge in [0.25, 0.3) is 0 Å². The van der Waals surface area contributed by atoms with E-state index in [1.165, 1.54) is 30.8 Å². The summed E-state index contributed by atoms with van der Waals surface area (Å²) in [5.41, 5.74) is 0.424. The topological polar surface area (TPSA) is 32.3 Å². The van der Waals surface area contributed by atoms with Crippen LogP contribution in [0.15, 0.2) is 0 Å². The first kappa shape index (κ1) is 12.7. The van der Waals surface area contributed by atoms with Crippen LogP contribution in [-0.2, 0) is 0 Å². The summed E-state index contributed by atoms with van der Waals surface area (Å²) >= 11 is 2.07. The fourth-order valence-corrected chi connectivity index (χ4v) is 4.43. The zero-order valence-electron chi connectivity index (χ0n) is 10.5. The van der Waals surface area contributed by atoms with Crippen molar-refractivity contribution in [1.82, 2.24) is 5.32 Å². The second kappa shape index (κ2) is 5.28. The fourth-order valence-electron chi connectivity index (χ4n) is 2.81. The molecule has 0 spiro atoms. The van der Waals surface area contributed by atoms with Crippen molar-refractivity contribution < 1.29 is 5.11 Å². The molecule has 94 valence electrons. The van der Waals surface area contributed by atoms with Gasteiger partial charge in [0.15, 0.2) is 0 Å². The molecule has 3 unspecified atom stereocenters. The number of thioether (sulfide) groups is 1. The lowest BCUT2D eigenvalue weighted by Crippen LogP contribution is -2.52. The standard InChI is InChI=1S/C13H25NOS/c1-13(2)6-7-16-9-12(13)14-10-4-3-5-11(15)8-10/h10-12,14-15H,3-9H2,1-2H3. The van der Waals surface area contributed by atoms with Crippen LogP contribution in [0.5, 0.6) is 0 Å². The van der Waals surface area contributed by atoms with E-state index in [0.29, 0.717) is 17.5 Å². The van der Waals surface area contributed by atoms with E-state index in [0.717, 1.165) is 12.8 Å². The van der Waals surface area contributed by atoms with Crippen molar-refractivity contribution in [2.24, 2.45) is 5.41 Å². The van der Waals surface area contributed by atoms with Crippen LogP contribution in [0.3, 0.4) is 0 Å². The second-order valence-corrected chi connectivity index (χ2v) is 7.20. The smallest absolute Gasteiger partial charge is 0.0555 e. The molecule has 1 aliphatic heterocycles. The van der Waals surface area contributed by atoms with Crippen molar-refractivity contribution in [2.75, 3.05) is 11.5 Å². The molecule has 0 radical (unpaired) electrons. The summed E-state index contributed by atoms with van der Waals surface area (Å²) in [5, 5.41) is 13.5. The maximum Gasteiger partial charge on any atom is 0.0555 e. The average molecular weight is 243 g/mol. The van der Waals surface area contributed by atoms with Crippen molar-refractivity contribution in [3.63, 3.8) is 0 Å². The Morgan fingerprint density at radius 2 is 2.12 bits per heavy atom. The summed E-state index contributed by atoms with van der Waals surface area (Å²) in [6, 6.07) is 1.17. The Balaban J connectivity index is 1.87. The van der Waals surface area contributed by atoms with Crippen LogP contribution in [0, 0.1) is 5.41 Å². The van der Waals surface area contributed by atoms with Gasteiger partial charge in [0.2, 0.25) is 0 Å². The van der Waals surface area contributed by atoms with Crippen LogP contribution in [0.25, 0.3) is 0 Å². The molecule has 16 heavy (non-hydrogen) atoms. The number of hydrogen-bond donors (Lipinski definition) is 2. The van der Waals surface area contributed by atoms with Crippen LogP contribution >= 0.6 is 11.8 Å². The van der Waals surface area contributed by atoms with Gasteiger partial charge in [-0.1, -0.05) is 13.8 Å². The van der Waals surface area contributed by atoms with Gasteiger partial charge in [-0.05, 0) is 43.3 Å². The third kappa shape index (κ3) is 3.14. The van der Waals surface area contributed by atoms with Crippen LogP contribution in [0.1, 0.15) is 46.0 Å². The first-order chi connectivity index (χ1) is 7.58. The zero-order valence-corrected chi connectivity index (χ0v) is 11.4. The van der Waals surface area contributed by atoms with Gasteiger partial charge in [0.05, 0.1) is 6.10 Å². The van der Waals surface area contributed by atoms with Gasteiger partial charge in [-0.25, -0.2) is 0 Å². The van der Waals surface area contributed by atoms with Gasteiger partial charge in [0, 0.05) is 17.8 Å². The largest absolute Gasteiger partial charge is 0.393 e. The van der Waals surface area contributed by atoms with Gasteiger partial charge in [0.1, 0.15) is 0 Å². The monoisotopic (exact) mass is 243 g/mol. The van der Waals surface area contributed by atoms with E-state index in [2.05, 4.69) is 30.9 Å². The average Bonchev–Trinajstić information content (AvgIpc) is 2.21. The minimum absolute atomic E-state index is 0.0643. The van der Waals surface area contributed by atoms with Crippen LogP contribution < -0.4 is 5.32 Å². The van der Waals surface area contributed by atoms with Gasteiger partial charge in [-0.3, -0.25) is 0 Å². The van der Waals surface area contributed by atoms with Crippen molar-refractivity contribution in [3.05, 3.63) is 0 Å². The maximum absolute atomic E-state index is 9.69. The number of aliphatic hydroxyl groups is 1. The third-order valence-electron chi connectivity index (χ3n) is 4.20. The van der Waals surface area contributed by atoms with Gasteiger partial charge < -0.3 is 10.4 Å². The Hall–Kier alpha value is 0.270. The van der Waals surface area contributed by atoms with Crippen molar-refractivity contribution in [3.8, 4) is 0 Å². The van der Waals surface area contributed by atoms with Crippen LogP contribution in [0.4, 0.5) is 0 Å². The summed E-state index contributed by atoms with van der Waals surface area (Å²) in [7, 11) is 0. The summed E-state index contributed by atoms with van der Waals surface area (Å²) in [6.45, 7) is 4.76. The molecule has 1 aliphatic carbocycles. The van der Waals surface area contributed by atoms with Gasteiger partial charge in [-0.2, -0.15) is 11.8 Å². The highest BCUT2D eigenvalue weighted by atomic mass is 32.2. The Labute approximate surface area is 104 Å². The van der Waals surface area contributed by atoms with Crippen molar-refractivity contribution in [2.45, 2.75) is 64.1 Å². The number of aliphatic hydroxyl groups excluding tert-OH is 1. The van der Waals surface area contributed by atoms with Crippen molar-refractivity contribution in [1.29, 1.82) is 0 Å². The summed E-state index contributed by atoms with van der Waals surface area (Å²) in [6.07, 6.45) is 5.63. The molecule has 2 nitrogen and oxygen atoms in total. The minimum Gasteiger partial charge on any atom is -0.393 e. The van der Waals surface area contributed by atoms with E-state index >= 15 is 0 Å². The summed E-state index contributed by atoms with van der Waals surface area (Å²) < 4.78 is 0. The van der Waals surface area contributed by atoms with E-state index in [4.69, 9.17) is 0 Å². The lowest BCUT2D eigenvalue weighted by Gasteiger charge is -2.42. The molecule has 0 aromatic carbocycles. The lowest BCUT2D eigenvalue weighted by atomic mass is 9.81. The molecule has 2 rings (SSSR count). The van der Waals surface area contributed by atoms with Gasteiger partial charge >= 0.3 is 0 Å². The first-order valence-electron chi connectivity index (χ1n) is 6.60. The Kier molecular flexibility index (Phi) is 4.20. The molecule has 1 saturated heterocycles. The first-order valence-corrected chi connectivity index (χ1v) is 7.75. The SMILES string of the molecule is CC1(C)CCSCC1NC1CCCC(O)C1. The van der Waals surface area contributed by atoms with E-state index in [1.54, 1.807) is 0 Å². The number of rotatable bonds is 2. The van der Waals surface area contributed by atoms with Crippen LogP contribution in [0.2, 0.25) is 0 Å². The molecule has 2 aliphatic rings. The molecular weight excluding hydrogens is 218 g/mol. The molecule has 1 heterocycles. The molecule has 3 heteroatoms. The Morgan fingerprint density at radius 1 is 1.31 bits per heavy atom. The molecule has 3 atom stereocenters. The fraction of sp³-hybridized carbons (Fsp3) is 1.00. The molecule has 1 saturated carbocycles. The predicted molar refractivity (Wildman–Crippen MR) is 70.9 cm³/mol. The van der Waals surface area contributed by atoms with E-state index in [9.17, 15) is 5.11 Å². The minimum atomic E-state index is -0.0643. The normalized spacial score (nSPS) is 39.6. The molecular formula is C13H25NOS. The van der Waals surface area contributed by atoms with Gasteiger partial charge in [-0.15, -0.1) is 0 Å². The molecule has 0 amide bonds. The number of hydrogen-bond acceptors (Lipinski definition) is 3. The lowest BCUT2D eigenvalue weighted by molar-refractivity contribution is 0.100. The zero-order chi connectivity index (χ0) is 11.6. The molecule has 2 fully saturated rings. The quantitative estimate of drug-likeness (QED) is 0.781. The molecule has 0 aromatic rings. The Morgan fingerprint density at radius 3 is 2.81 bits per heavy atom.